The lowest BCUT2D eigenvalue weighted by Crippen LogP contribution is -2.00. The molecule has 102 valence electrons. The van der Waals surface area contributed by atoms with Gasteiger partial charge in [0.1, 0.15) is 0 Å². The van der Waals surface area contributed by atoms with Gasteiger partial charge in [-0.25, -0.2) is 0 Å². The van der Waals surface area contributed by atoms with Crippen molar-refractivity contribution in [1.29, 1.82) is 0 Å². The van der Waals surface area contributed by atoms with Crippen LogP contribution in [0.1, 0.15) is 90.4 Å². The second-order valence-electron chi connectivity index (χ2n) is 5.82. The first kappa shape index (κ1) is 15.3. The molecule has 1 unspecified atom stereocenters. The minimum atomic E-state index is 0.504. The Morgan fingerprint density at radius 2 is 1.29 bits per heavy atom. The molecule has 0 N–H and O–H groups in total. The van der Waals surface area contributed by atoms with Crippen LogP contribution in [0, 0.1) is 5.92 Å². The van der Waals surface area contributed by atoms with Crippen LogP contribution in [-0.4, -0.2) is 5.38 Å². The molecular formula is C16H31Cl. The smallest absolute Gasteiger partial charge is 0.0364 e. The van der Waals surface area contributed by atoms with E-state index in [1.54, 1.807) is 0 Å². The average Bonchev–Trinajstić information content (AvgIpc) is 3.15. The minimum Gasteiger partial charge on any atom is -0.123 e. The number of alkyl halides is 1. The van der Waals surface area contributed by atoms with Crippen molar-refractivity contribution in [2.24, 2.45) is 5.92 Å². The lowest BCUT2D eigenvalue weighted by molar-refractivity contribution is 0.538. The Labute approximate surface area is 114 Å². The fourth-order valence-electron chi connectivity index (χ4n) is 2.52. The van der Waals surface area contributed by atoms with Crippen LogP contribution in [-0.2, 0) is 0 Å². The summed E-state index contributed by atoms with van der Waals surface area (Å²) in [5.41, 5.74) is 0. The van der Waals surface area contributed by atoms with Gasteiger partial charge in [-0.3, -0.25) is 0 Å². The third kappa shape index (κ3) is 8.94. The summed E-state index contributed by atoms with van der Waals surface area (Å²) in [6.45, 7) is 2.28. The quantitative estimate of drug-likeness (QED) is 0.284. The normalized spacial score (nSPS) is 17.3. The predicted octanol–water partition coefficient (Wildman–Crippen LogP) is 6.31. The highest BCUT2D eigenvalue weighted by Crippen LogP contribution is 2.37. The van der Waals surface area contributed by atoms with Crippen molar-refractivity contribution in [3.05, 3.63) is 0 Å². The molecule has 0 amide bonds. The highest BCUT2D eigenvalue weighted by molar-refractivity contribution is 6.20. The summed E-state index contributed by atoms with van der Waals surface area (Å²) in [5, 5.41) is 0.504. The van der Waals surface area contributed by atoms with Crippen LogP contribution in [0.2, 0.25) is 0 Å². The molecule has 0 radical (unpaired) electrons. The summed E-state index contributed by atoms with van der Waals surface area (Å²) >= 11 is 6.29. The maximum absolute atomic E-state index is 6.29. The van der Waals surface area contributed by atoms with Gasteiger partial charge in [0, 0.05) is 5.38 Å². The van der Waals surface area contributed by atoms with E-state index in [9.17, 15) is 0 Å². The first-order valence-electron chi connectivity index (χ1n) is 7.98. The van der Waals surface area contributed by atoms with E-state index >= 15 is 0 Å². The fourth-order valence-corrected chi connectivity index (χ4v) is 2.93. The summed E-state index contributed by atoms with van der Waals surface area (Å²) in [5.74, 6) is 0.884. The van der Waals surface area contributed by atoms with E-state index in [-0.39, 0.29) is 0 Å². The van der Waals surface area contributed by atoms with Gasteiger partial charge in [0.15, 0.2) is 0 Å². The molecule has 1 aliphatic carbocycles. The molecule has 1 atom stereocenters. The highest BCUT2D eigenvalue weighted by atomic mass is 35.5. The van der Waals surface area contributed by atoms with Crippen molar-refractivity contribution in [1.82, 2.24) is 0 Å². The summed E-state index contributed by atoms with van der Waals surface area (Å²) in [4.78, 5) is 0. The molecule has 0 nitrogen and oxygen atoms in total. The molecule has 1 saturated carbocycles. The Hall–Kier alpha value is 0.290. The first-order chi connectivity index (χ1) is 8.34. The van der Waals surface area contributed by atoms with Crippen molar-refractivity contribution < 1.29 is 0 Å². The van der Waals surface area contributed by atoms with Crippen molar-refractivity contribution in [3.8, 4) is 0 Å². The topological polar surface area (TPSA) is 0 Å². The van der Waals surface area contributed by atoms with Crippen LogP contribution in [0.4, 0.5) is 0 Å². The van der Waals surface area contributed by atoms with E-state index in [0.29, 0.717) is 5.38 Å². The number of hydrogen-bond acceptors (Lipinski definition) is 0. The fraction of sp³-hybridized carbons (Fsp3) is 1.00. The van der Waals surface area contributed by atoms with E-state index in [1.807, 2.05) is 0 Å². The van der Waals surface area contributed by atoms with Crippen LogP contribution in [0.3, 0.4) is 0 Å². The molecule has 0 saturated heterocycles. The molecule has 0 aliphatic heterocycles. The van der Waals surface area contributed by atoms with E-state index in [0.717, 1.165) is 5.92 Å². The highest BCUT2D eigenvalue weighted by Gasteiger charge is 2.28. The molecular weight excluding hydrogens is 228 g/mol. The number of hydrogen-bond donors (Lipinski definition) is 0. The minimum absolute atomic E-state index is 0.504. The zero-order chi connectivity index (χ0) is 12.3. The first-order valence-corrected chi connectivity index (χ1v) is 8.42. The third-order valence-corrected chi connectivity index (χ3v) is 4.54. The Morgan fingerprint density at radius 3 is 1.76 bits per heavy atom. The van der Waals surface area contributed by atoms with Gasteiger partial charge in [-0.1, -0.05) is 71.1 Å². The molecule has 0 aromatic heterocycles. The number of halogens is 1. The van der Waals surface area contributed by atoms with Crippen LogP contribution < -0.4 is 0 Å². The lowest BCUT2D eigenvalue weighted by Gasteiger charge is -2.07. The maximum Gasteiger partial charge on any atom is 0.0364 e. The van der Waals surface area contributed by atoms with E-state index in [4.69, 9.17) is 11.6 Å². The Balaban J connectivity index is 1.69. The summed E-state index contributed by atoms with van der Waals surface area (Å²) in [6, 6.07) is 0. The number of rotatable bonds is 12. The molecule has 1 fully saturated rings. The van der Waals surface area contributed by atoms with Crippen LogP contribution in [0.15, 0.2) is 0 Å². The Bertz CT molecular complexity index is 163. The van der Waals surface area contributed by atoms with E-state index in [2.05, 4.69) is 6.92 Å². The second kappa shape index (κ2) is 10.2. The van der Waals surface area contributed by atoms with Crippen molar-refractivity contribution in [2.75, 3.05) is 0 Å². The zero-order valence-electron chi connectivity index (χ0n) is 11.7. The third-order valence-electron chi connectivity index (χ3n) is 3.97. The van der Waals surface area contributed by atoms with Gasteiger partial charge in [-0.05, 0) is 25.2 Å². The van der Waals surface area contributed by atoms with Gasteiger partial charge in [0.05, 0.1) is 0 Å². The van der Waals surface area contributed by atoms with Gasteiger partial charge < -0.3 is 0 Å². The molecule has 1 rings (SSSR count). The molecule has 0 bridgehead atoms. The maximum atomic E-state index is 6.29. The van der Waals surface area contributed by atoms with Crippen molar-refractivity contribution in [3.63, 3.8) is 0 Å². The van der Waals surface area contributed by atoms with Crippen LogP contribution in [0.25, 0.3) is 0 Å². The van der Waals surface area contributed by atoms with Gasteiger partial charge in [0.2, 0.25) is 0 Å². The lowest BCUT2D eigenvalue weighted by atomic mass is 10.0. The molecule has 1 aliphatic rings. The monoisotopic (exact) mass is 258 g/mol. The van der Waals surface area contributed by atoms with Gasteiger partial charge in [-0.2, -0.15) is 0 Å². The predicted molar refractivity (Wildman–Crippen MR) is 78.8 cm³/mol. The molecule has 0 heterocycles. The molecule has 1 heteroatoms. The molecule has 0 spiro atoms. The summed E-state index contributed by atoms with van der Waals surface area (Å²) in [7, 11) is 0. The average molecular weight is 259 g/mol. The van der Waals surface area contributed by atoms with Gasteiger partial charge >= 0.3 is 0 Å². The molecule has 17 heavy (non-hydrogen) atoms. The summed E-state index contributed by atoms with van der Waals surface area (Å²) in [6.07, 6.45) is 18.3. The van der Waals surface area contributed by atoms with Crippen LogP contribution in [0.5, 0.6) is 0 Å². The standard InChI is InChI=1S/C16H31Cl/c1-2-3-4-5-6-7-8-9-10-11-12-16(17)15-13-14-15/h15-16H,2-14H2,1H3. The molecule has 0 aromatic rings. The van der Waals surface area contributed by atoms with Crippen LogP contribution >= 0.6 is 11.6 Å². The molecule has 0 aromatic carbocycles. The Kier molecular flexibility index (Phi) is 9.24. The van der Waals surface area contributed by atoms with E-state index in [1.165, 1.54) is 83.5 Å². The van der Waals surface area contributed by atoms with E-state index < -0.39 is 0 Å². The largest absolute Gasteiger partial charge is 0.123 e. The Morgan fingerprint density at radius 1 is 0.824 bits per heavy atom. The second-order valence-corrected chi connectivity index (χ2v) is 6.38. The van der Waals surface area contributed by atoms with Gasteiger partial charge in [-0.15, -0.1) is 11.6 Å². The SMILES string of the molecule is CCCCCCCCCCCCC(Cl)C1CC1. The van der Waals surface area contributed by atoms with Crippen molar-refractivity contribution in [2.45, 2.75) is 95.8 Å². The number of unbranched alkanes of at least 4 members (excludes halogenated alkanes) is 9. The van der Waals surface area contributed by atoms with Crippen molar-refractivity contribution >= 4 is 11.6 Å². The van der Waals surface area contributed by atoms with Gasteiger partial charge in [0.25, 0.3) is 0 Å². The zero-order valence-corrected chi connectivity index (χ0v) is 12.5. The summed E-state index contributed by atoms with van der Waals surface area (Å²) < 4.78 is 0.